The lowest BCUT2D eigenvalue weighted by Crippen LogP contribution is -2.38. The van der Waals surface area contributed by atoms with E-state index in [4.69, 9.17) is 9.84 Å². The van der Waals surface area contributed by atoms with Gasteiger partial charge in [-0.15, -0.1) is 0 Å². The third kappa shape index (κ3) is 1.50. The number of carbonyl (C=O) groups is 3. The second kappa shape index (κ2) is 4.04. The molecule has 2 bridgehead atoms. The van der Waals surface area contributed by atoms with Crippen LogP contribution < -0.4 is 4.90 Å². The molecular weight excluding hydrogens is 286 g/mol. The van der Waals surface area contributed by atoms with Crippen LogP contribution in [0.3, 0.4) is 0 Å². The molecule has 0 radical (unpaired) electrons. The second-order valence-electron chi connectivity index (χ2n) is 5.99. The molecule has 1 aromatic rings. The number of hydrogen-bond acceptors (Lipinski definition) is 4. The lowest BCUT2D eigenvalue weighted by molar-refractivity contribution is -0.126. The molecule has 112 valence electrons. The molecule has 3 aliphatic rings. The van der Waals surface area contributed by atoms with Crippen LogP contribution in [-0.4, -0.2) is 34.6 Å². The van der Waals surface area contributed by atoms with Gasteiger partial charge in [-0.25, -0.2) is 9.69 Å². The van der Waals surface area contributed by atoms with Gasteiger partial charge in [0.05, 0.1) is 34.8 Å². The summed E-state index contributed by atoms with van der Waals surface area (Å²) in [7, 11) is 0. The average molecular weight is 299 g/mol. The number of imide groups is 1. The molecule has 0 unspecified atom stereocenters. The molecule has 2 amide bonds. The van der Waals surface area contributed by atoms with Crippen LogP contribution in [0.1, 0.15) is 17.3 Å². The molecule has 0 spiro atoms. The summed E-state index contributed by atoms with van der Waals surface area (Å²) >= 11 is 0. The van der Waals surface area contributed by atoms with Crippen molar-refractivity contribution in [2.45, 2.75) is 18.6 Å². The van der Waals surface area contributed by atoms with Crippen LogP contribution in [0.2, 0.25) is 0 Å². The summed E-state index contributed by atoms with van der Waals surface area (Å²) in [4.78, 5) is 37.4. The Kier molecular flexibility index (Phi) is 2.43. The Morgan fingerprint density at radius 3 is 2.50 bits per heavy atom. The van der Waals surface area contributed by atoms with Crippen LogP contribution in [0.15, 0.2) is 36.4 Å². The number of benzene rings is 1. The average Bonchev–Trinajstić information content (AvgIpc) is 3.08. The number of aromatic carboxylic acids is 1. The lowest BCUT2D eigenvalue weighted by atomic mass is 9.78. The predicted octanol–water partition coefficient (Wildman–Crippen LogP) is 1.22. The highest BCUT2D eigenvalue weighted by molar-refractivity contribution is 6.23. The number of hydrogen-bond donors (Lipinski definition) is 1. The van der Waals surface area contributed by atoms with Crippen molar-refractivity contribution in [3.63, 3.8) is 0 Å². The quantitative estimate of drug-likeness (QED) is 0.655. The summed E-state index contributed by atoms with van der Waals surface area (Å²) < 4.78 is 5.75. The van der Waals surface area contributed by atoms with E-state index in [0.717, 1.165) is 4.90 Å². The Balaban J connectivity index is 1.71. The van der Waals surface area contributed by atoms with Crippen molar-refractivity contribution < 1.29 is 24.2 Å². The molecule has 6 nitrogen and oxygen atoms in total. The molecule has 6 heteroatoms. The number of carboxylic acid groups (broad SMARTS) is 1. The first-order chi connectivity index (χ1) is 10.4. The van der Waals surface area contributed by atoms with Gasteiger partial charge in [0.2, 0.25) is 11.8 Å². The fraction of sp³-hybridized carbons (Fsp3) is 0.312. The van der Waals surface area contributed by atoms with Gasteiger partial charge in [0.1, 0.15) is 0 Å². The van der Waals surface area contributed by atoms with E-state index < -0.39 is 23.4 Å². The Morgan fingerprint density at radius 2 is 1.91 bits per heavy atom. The first-order valence-corrected chi connectivity index (χ1v) is 7.01. The van der Waals surface area contributed by atoms with E-state index in [2.05, 4.69) is 0 Å². The molecule has 3 aliphatic heterocycles. The van der Waals surface area contributed by atoms with Crippen LogP contribution in [0.25, 0.3) is 0 Å². The van der Waals surface area contributed by atoms with E-state index in [1.54, 1.807) is 0 Å². The van der Waals surface area contributed by atoms with Gasteiger partial charge in [-0.2, -0.15) is 0 Å². The minimum absolute atomic E-state index is 0.111. The summed E-state index contributed by atoms with van der Waals surface area (Å²) in [6.45, 7) is 1.82. The number of carboxylic acids is 1. The second-order valence-corrected chi connectivity index (χ2v) is 5.99. The monoisotopic (exact) mass is 299 g/mol. The number of carbonyl (C=O) groups excluding carboxylic acids is 2. The largest absolute Gasteiger partial charge is 0.478 e. The molecular formula is C16H13NO5. The number of nitrogens with zero attached hydrogens (tertiary/aromatic N) is 1. The fourth-order valence-corrected chi connectivity index (χ4v) is 3.66. The van der Waals surface area contributed by atoms with E-state index in [9.17, 15) is 14.4 Å². The number of rotatable bonds is 2. The highest BCUT2D eigenvalue weighted by atomic mass is 16.5. The van der Waals surface area contributed by atoms with Crippen molar-refractivity contribution in [3.05, 3.63) is 42.0 Å². The minimum atomic E-state index is -1.05. The minimum Gasteiger partial charge on any atom is -0.478 e. The van der Waals surface area contributed by atoms with E-state index in [1.165, 1.54) is 24.3 Å². The first-order valence-electron chi connectivity index (χ1n) is 7.01. The maximum atomic E-state index is 12.7. The Morgan fingerprint density at radius 1 is 1.23 bits per heavy atom. The summed E-state index contributed by atoms with van der Waals surface area (Å²) in [5.41, 5.74) is -0.213. The SMILES string of the molecule is C[C@]12C=C[C@H](O1)[C@H]1C(=O)N(c3ccc(C(=O)O)cc3)C(=O)[C@@H]12. The van der Waals surface area contributed by atoms with Crippen LogP contribution in [0.5, 0.6) is 0 Å². The highest BCUT2D eigenvalue weighted by Gasteiger charge is 2.65. The van der Waals surface area contributed by atoms with Crippen LogP contribution >= 0.6 is 0 Å². The van der Waals surface area contributed by atoms with Crippen molar-refractivity contribution in [2.75, 3.05) is 4.90 Å². The number of amides is 2. The van der Waals surface area contributed by atoms with Crippen LogP contribution in [0.4, 0.5) is 5.69 Å². The molecule has 0 saturated carbocycles. The highest BCUT2D eigenvalue weighted by Crippen LogP contribution is 2.52. The van der Waals surface area contributed by atoms with E-state index in [-0.39, 0.29) is 23.5 Å². The van der Waals surface area contributed by atoms with Crippen LogP contribution in [0, 0.1) is 11.8 Å². The predicted molar refractivity (Wildman–Crippen MR) is 75.3 cm³/mol. The van der Waals surface area contributed by atoms with Gasteiger partial charge in [0.15, 0.2) is 0 Å². The molecule has 2 saturated heterocycles. The Hall–Kier alpha value is -2.47. The lowest BCUT2D eigenvalue weighted by Gasteiger charge is -2.24. The zero-order valence-electron chi connectivity index (χ0n) is 11.7. The molecule has 4 rings (SSSR count). The van der Waals surface area contributed by atoms with Gasteiger partial charge in [0, 0.05) is 0 Å². The van der Waals surface area contributed by atoms with E-state index in [1.807, 2.05) is 19.1 Å². The molecule has 1 N–H and O–H groups in total. The third-order valence-corrected chi connectivity index (χ3v) is 4.70. The molecule has 0 aliphatic carbocycles. The Labute approximate surface area is 126 Å². The summed E-state index contributed by atoms with van der Waals surface area (Å²) in [6.07, 6.45) is 3.33. The standard InChI is InChI=1S/C16H13NO5/c1-16-7-6-10(22-16)11-12(16)14(19)17(13(11)18)9-4-2-8(3-5-9)15(20)21/h2-7,10-12H,1H3,(H,20,21)/t10-,11+,12+,16+/m0/s1. The zero-order valence-corrected chi connectivity index (χ0v) is 11.7. The van der Waals surface area contributed by atoms with Crippen molar-refractivity contribution in [1.29, 1.82) is 0 Å². The molecule has 0 aromatic heterocycles. The fourth-order valence-electron chi connectivity index (χ4n) is 3.66. The molecule has 2 fully saturated rings. The molecule has 22 heavy (non-hydrogen) atoms. The van der Waals surface area contributed by atoms with Crippen molar-refractivity contribution in [2.24, 2.45) is 11.8 Å². The smallest absolute Gasteiger partial charge is 0.335 e. The topological polar surface area (TPSA) is 83.9 Å². The van der Waals surface area contributed by atoms with Crippen molar-refractivity contribution >= 4 is 23.5 Å². The number of anilines is 1. The van der Waals surface area contributed by atoms with Gasteiger partial charge in [-0.1, -0.05) is 12.2 Å². The summed E-state index contributed by atoms with van der Waals surface area (Å²) in [5.74, 6) is -2.61. The van der Waals surface area contributed by atoms with E-state index in [0.29, 0.717) is 5.69 Å². The molecule has 3 heterocycles. The summed E-state index contributed by atoms with van der Waals surface area (Å²) in [5, 5.41) is 8.92. The third-order valence-electron chi connectivity index (χ3n) is 4.70. The van der Waals surface area contributed by atoms with Crippen molar-refractivity contribution in [3.8, 4) is 0 Å². The molecule has 4 atom stereocenters. The first kappa shape index (κ1) is 13.2. The van der Waals surface area contributed by atoms with Crippen molar-refractivity contribution in [1.82, 2.24) is 0 Å². The van der Waals surface area contributed by atoms with E-state index >= 15 is 0 Å². The van der Waals surface area contributed by atoms with Gasteiger partial charge in [-0.05, 0) is 31.2 Å². The summed E-state index contributed by atoms with van der Waals surface area (Å²) in [6, 6.07) is 5.74. The maximum Gasteiger partial charge on any atom is 0.335 e. The zero-order chi connectivity index (χ0) is 15.6. The normalized spacial score (nSPS) is 35.3. The maximum absolute atomic E-state index is 12.7. The van der Waals surface area contributed by atoms with Crippen LogP contribution in [-0.2, 0) is 14.3 Å². The van der Waals surface area contributed by atoms with Gasteiger partial charge in [-0.3, -0.25) is 9.59 Å². The van der Waals surface area contributed by atoms with Gasteiger partial charge < -0.3 is 9.84 Å². The Bertz CT molecular complexity index is 737. The number of fused-ring (bicyclic) bond motifs is 5. The van der Waals surface area contributed by atoms with Gasteiger partial charge in [0.25, 0.3) is 0 Å². The van der Waals surface area contributed by atoms with Gasteiger partial charge >= 0.3 is 5.97 Å². The number of ether oxygens (including phenoxy) is 1. The molecule has 1 aromatic carbocycles.